The lowest BCUT2D eigenvalue weighted by molar-refractivity contribution is 0.486. The van der Waals surface area contributed by atoms with Gasteiger partial charge < -0.3 is 4.18 Å². The van der Waals surface area contributed by atoms with Crippen molar-refractivity contribution in [1.29, 1.82) is 0 Å². The molecule has 25 heavy (non-hydrogen) atoms. The van der Waals surface area contributed by atoms with E-state index in [1.54, 1.807) is 12.1 Å². The highest BCUT2D eigenvalue weighted by atomic mass is 35.5. The van der Waals surface area contributed by atoms with E-state index in [4.69, 9.17) is 15.8 Å². The Morgan fingerprint density at radius 1 is 0.840 bits per heavy atom. The third kappa shape index (κ3) is 3.78. The van der Waals surface area contributed by atoms with Gasteiger partial charge in [-0.25, -0.2) is 8.42 Å². The molecule has 0 unspecified atom stereocenters. The molecule has 0 bridgehead atoms. The third-order valence-electron chi connectivity index (χ3n) is 3.53. The van der Waals surface area contributed by atoms with Gasteiger partial charge in [0.25, 0.3) is 0 Å². The molecule has 0 saturated carbocycles. The molecule has 0 aliphatic rings. The number of halogens is 1. The highest BCUT2D eigenvalue weighted by molar-refractivity contribution is 7.90. The van der Waals surface area contributed by atoms with E-state index in [0.717, 1.165) is 23.1 Å². The van der Waals surface area contributed by atoms with Crippen LogP contribution >= 0.6 is 11.6 Å². The van der Waals surface area contributed by atoms with Crippen LogP contribution in [-0.2, 0) is 20.0 Å². The smallest absolute Gasteiger partial charge is 0.340 e. The molecule has 8 heteroatoms. The molecule has 3 rings (SSSR count). The van der Waals surface area contributed by atoms with Crippen LogP contribution in [0.1, 0.15) is 0 Å². The van der Waals surface area contributed by atoms with E-state index in [9.17, 15) is 16.8 Å². The standard InChI is InChI=1S/C17H13ClO5S2/c1-24(19,20)15-8-9-16(18)17(11-15)25(21,22)23-14-7-6-12-4-2-3-5-13(12)10-14/h2-11H,1H3. The second-order valence-corrected chi connectivity index (χ2v) is 9.35. The van der Waals surface area contributed by atoms with Gasteiger partial charge in [0, 0.05) is 6.26 Å². The van der Waals surface area contributed by atoms with E-state index in [1.807, 2.05) is 24.3 Å². The predicted octanol–water partition coefficient (Wildman–Crippen LogP) is 3.66. The number of hydrogen-bond donors (Lipinski definition) is 0. The molecular weight excluding hydrogens is 384 g/mol. The van der Waals surface area contributed by atoms with Gasteiger partial charge in [-0.3, -0.25) is 0 Å². The Hall–Kier alpha value is -2.09. The summed E-state index contributed by atoms with van der Waals surface area (Å²) in [5, 5.41) is 1.63. The minimum atomic E-state index is -4.29. The molecule has 0 radical (unpaired) electrons. The molecule has 0 atom stereocenters. The molecule has 0 aliphatic heterocycles. The summed E-state index contributed by atoms with van der Waals surface area (Å²) >= 11 is 5.94. The van der Waals surface area contributed by atoms with Crippen LogP contribution in [0.4, 0.5) is 0 Å². The van der Waals surface area contributed by atoms with Crippen molar-refractivity contribution in [2.45, 2.75) is 9.79 Å². The highest BCUT2D eigenvalue weighted by Gasteiger charge is 2.23. The van der Waals surface area contributed by atoms with Crippen molar-refractivity contribution in [3.8, 4) is 5.75 Å². The van der Waals surface area contributed by atoms with Crippen LogP contribution in [0.15, 0.2) is 70.5 Å². The van der Waals surface area contributed by atoms with E-state index in [2.05, 4.69) is 0 Å². The summed E-state index contributed by atoms with van der Waals surface area (Å²) in [4.78, 5) is -0.553. The number of fused-ring (bicyclic) bond motifs is 1. The van der Waals surface area contributed by atoms with Gasteiger partial charge in [0.15, 0.2) is 9.84 Å². The fourth-order valence-corrected chi connectivity index (χ4v) is 4.44. The average molecular weight is 397 g/mol. The van der Waals surface area contributed by atoms with Crippen molar-refractivity contribution < 1.29 is 21.0 Å². The second-order valence-electron chi connectivity index (χ2n) is 5.41. The van der Waals surface area contributed by atoms with Crippen LogP contribution in [0.3, 0.4) is 0 Å². The van der Waals surface area contributed by atoms with Gasteiger partial charge in [-0.2, -0.15) is 8.42 Å². The first-order valence-corrected chi connectivity index (χ1v) is 10.8. The van der Waals surface area contributed by atoms with Crippen molar-refractivity contribution >= 4 is 42.3 Å². The van der Waals surface area contributed by atoms with Gasteiger partial charge in [-0.15, -0.1) is 0 Å². The molecule has 0 saturated heterocycles. The summed E-state index contributed by atoms with van der Waals surface area (Å²) in [6.07, 6.45) is 0.983. The lowest BCUT2D eigenvalue weighted by Gasteiger charge is -2.10. The Morgan fingerprint density at radius 2 is 1.52 bits per heavy atom. The fourth-order valence-electron chi connectivity index (χ4n) is 2.30. The Balaban J connectivity index is 2.04. The van der Waals surface area contributed by atoms with Crippen molar-refractivity contribution in [2.24, 2.45) is 0 Å². The maximum atomic E-state index is 12.5. The lowest BCUT2D eigenvalue weighted by Crippen LogP contribution is -2.11. The monoisotopic (exact) mass is 396 g/mol. The summed E-state index contributed by atoms with van der Waals surface area (Å²) in [6.45, 7) is 0. The third-order valence-corrected chi connectivity index (χ3v) is 6.37. The van der Waals surface area contributed by atoms with Crippen LogP contribution in [0, 0.1) is 0 Å². The van der Waals surface area contributed by atoms with Crippen LogP contribution < -0.4 is 4.18 Å². The van der Waals surface area contributed by atoms with E-state index >= 15 is 0 Å². The number of hydrogen-bond acceptors (Lipinski definition) is 5. The van der Waals surface area contributed by atoms with Gasteiger partial charge in [0.1, 0.15) is 10.6 Å². The molecule has 0 heterocycles. The molecule has 0 N–H and O–H groups in total. The van der Waals surface area contributed by atoms with Gasteiger partial charge in [0.05, 0.1) is 9.92 Å². The van der Waals surface area contributed by atoms with E-state index in [-0.39, 0.29) is 15.7 Å². The van der Waals surface area contributed by atoms with Gasteiger partial charge in [-0.1, -0.05) is 41.9 Å². The minimum absolute atomic E-state index is 0.111. The highest BCUT2D eigenvalue weighted by Crippen LogP contribution is 2.29. The quantitative estimate of drug-likeness (QED) is 0.629. The van der Waals surface area contributed by atoms with Crippen LogP contribution in [-0.4, -0.2) is 23.1 Å². The second kappa shape index (κ2) is 6.33. The van der Waals surface area contributed by atoms with Crippen LogP contribution in [0.25, 0.3) is 10.8 Å². The maximum Gasteiger partial charge on any atom is 0.340 e. The Bertz CT molecular complexity index is 1170. The number of benzene rings is 3. The summed E-state index contributed by atoms with van der Waals surface area (Å²) < 4.78 is 53.5. The first-order valence-electron chi connectivity index (χ1n) is 7.10. The van der Waals surface area contributed by atoms with E-state index in [1.165, 1.54) is 18.2 Å². The zero-order chi connectivity index (χ0) is 18.2. The molecule has 3 aromatic carbocycles. The van der Waals surface area contributed by atoms with Gasteiger partial charge >= 0.3 is 10.1 Å². The molecule has 0 aliphatic carbocycles. The summed E-state index contributed by atoms with van der Waals surface area (Å²) in [5.41, 5.74) is 0. The Morgan fingerprint density at radius 3 is 2.20 bits per heavy atom. The maximum absolute atomic E-state index is 12.5. The van der Waals surface area contributed by atoms with E-state index in [0.29, 0.717) is 0 Å². The first kappa shape index (κ1) is 17.7. The zero-order valence-corrected chi connectivity index (χ0v) is 15.4. The van der Waals surface area contributed by atoms with Crippen LogP contribution in [0.5, 0.6) is 5.75 Å². The normalized spacial score (nSPS) is 12.2. The molecule has 5 nitrogen and oxygen atoms in total. The average Bonchev–Trinajstić information content (AvgIpc) is 2.53. The van der Waals surface area contributed by atoms with Crippen LogP contribution in [0.2, 0.25) is 5.02 Å². The molecule has 0 amide bonds. The summed E-state index contributed by atoms with van der Waals surface area (Å²) in [5.74, 6) is 0.111. The molecule has 0 fully saturated rings. The van der Waals surface area contributed by atoms with Crippen molar-refractivity contribution in [3.05, 3.63) is 65.7 Å². The minimum Gasteiger partial charge on any atom is -0.379 e. The Kier molecular flexibility index (Phi) is 4.49. The topological polar surface area (TPSA) is 77.5 Å². The SMILES string of the molecule is CS(=O)(=O)c1ccc(Cl)c(S(=O)(=O)Oc2ccc3ccccc3c2)c1. The summed E-state index contributed by atoms with van der Waals surface area (Å²) in [6, 6.07) is 15.7. The van der Waals surface area contributed by atoms with Crippen molar-refractivity contribution in [2.75, 3.05) is 6.26 Å². The van der Waals surface area contributed by atoms with Crippen molar-refractivity contribution in [1.82, 2.24) is 0 Å². The van der Waals surface area contributed by atoms with Crippen molar-refractivity contribution in [3.63, 3.8) is 0 Å². The molecule has 130 valence electrons. The fraction of sp³-hybridized carbons (Fsp3) is 0.0588. The summed E-state index contributed by atoms with van der Waals surface area (Å²) in [7, 11) is -7.87. The zero-order valence-electron chi connectivity index (χ0n) is 13.0. The molecule has 0 spiro atoms. The number of sulfone groups is 1. The lowest BCUT2D eigenvalue weighted by atomic mass is 10.1. The van der Waals surface area contributed by atoms with Gasteiger partial charge in [0.2, 0.25) is 0 Å². The molecule has 0 aromatic heterocycles. The van der Waals surface area contributed by atoms with E-state index < -0.39 is 24.9 Å². The largest absolute Gasteiger partial charge is 0.379 e. The molecular formula is C17H13ClO5S2. The van der Waals surface area contributed by atoms with Gasteiger partial charge in [-0.05, 0) is 41.1 Å². The Labute approximate surface area is 150 Å². The first-order chi connectivity index (χ1) is 11.7. The molecule has 3 aromatic rings. The predicted molar refractivity (Wildman–Crippen MR) is 96.3 cm³/mol. The number of rotatable bonds is 4.